The van der Waals surface area contributed by atoms with Crippen LogP contribution in [0.1, 0.15) is 162 Å². The maximum absolute atomic E-state index is 2.73. The number of hydrogen-bond donors (Lipinski definition) is 0. The number of benzene rings is 7. The van der Waals surface area contributed by atoms with E-state index in [1.807, 2.05) is 0 Å². The van der Waals surface area contributed by atoms with Crippen LogP contribution in [0.5, 0.6) is 0 Å². The van der Waals surface area contributed by atoms with E-state index in [1.54, 1.807) is 0 Å². The third-order valence-corrected chi connectivity index (χ3v) is 17.9. The molecule has 7 aromatic carbocycles. The van der Waals surface area contributed by atoms with Crippen LogP contribution in [-0.4, -0.2) is 6.71 Å². The molecule has 0 saturated carbocycles. The molecule has 0 atom stereocenters. The van der Waals surface area contributed by atoms with E-state index in [4.69, 9.17) is 0 Å². The molecular weight excluding hydrogens is 844 g/mol. The summed E-state index contributed by atoms with van der Waals surface area (Å²) in [5, 5.41) is 0. The van der Waals surface area contributed by atoms with Gasteiger partial charge < -0.3 is 9.80 Å². The number of nitrogens with zero attached hydrogens (tertiary/aromatic N) is 2. The molecule has 12 rings (SSSR count). The minimum Gasteiger partial charge on any atom is -0.311 e. The average Bonchev–Trinajstić information content (AvgIpc) is 3.70. The summed E-state index contributed by atoms with van der Waals surface area (Å²) in [6.07, 6.45) is 3.38. The van der Waals surface area contributed by atoms with Gasteiger partial charge in [-0.15, -0.1) is 0 Å². The summed E-state index contributed by atoms with van der Waals surface area (Å²) in [4.78, 5) is 5.44. The molecule has 0 radical (unpaired) electrons. The second kappa shape index (κ2) is 14.4. The molecule has 354 valence electrons. The number of hydrogen-bond acceptors (Lipinski definition) is 2. The van der Waals surface area contributed by atoms with Crippen LogP contribution in [-0.2, 0) is 37.9 Å². The van der Waals surface area contributed by atoms with Crippen LogP contribution in [0.15, 0.2) is 133 Å². The molecule has 0 spiro atoms. The second-order valence-electron chi connectivity index (χ2n) is 27.2. The molecule has 2 nitrogen and oxygen atoms in total. The van der Waals surface area contributed by atoms with Crippen LogP contribution < -0.4 is 26.2 Å². The Bertz CT molecular complexity index is 3340. The van der Waals surface area contributed by atoms with Crippen LogP contribution in [0.4, 0.5) is 34.1 Å². The molecule has 0 bridgehead atoms. The lowest BCUT2D eigenvalue weighted by Crippen LogP contribution is -2.62. The molecule has 70 heavy (non-hydrogen) atoms. The first-order chi connectivity index (χ1) is 32.8. The average molecular weight is 917 g/mol. The lowest BCUT2D eigenvalue weighted by molar-refractivity contribution is 0.403. The van der Waals surface area contributed by atoms with Crippen LogP contribution in [0, 0.1) is 0 Å². The van der Waals surface area contributed by atoms with E-state index in [0.717, 1.165) is 19.3 Å². The number of rotatable bonds is 4. The lowest BCUT2D eigenvalue weighted by atomic mass is 9.33. The Balaban J connectivity index is 1.24. The van der Waals surface area contributed by atoms with Crippen molar-refractivity contribution in [2.75, 3.05) is 9.80 Å². The van der Waals surface area contributed by atoms with E-state index >= 15 is 0 Å². The van der Waals surface area contributed by atoms with Gasteiger partial charge in [0.15, 0.2) is 0 Å². The van der Waals surface area contributed by atoms with Gasteiger partial charge in [-0.3, -0.25) is 0 Å². The van der Waals surface area contributed by atoms with Gasteiger partial charge in [-0.2, -0.15) is 0 Å². The molecule has 0 unspecified atom stereocenters. The maximum Gasteiger partial charge on any atom is 0.252 e. The highest BCUT2D eigenvalue weighted by Crippen LogP contribution is 2.57. The zero-order valence-electron chi connectivity index (χ0n) is 44.8. The SMILES string of the molecule is CC(C)(C)c1cc2c3c(c1)N(c1ccc(-c4ccccc4)cc1-c1ccccc1)c1cc4c(cc1B3c1cc3c(cc1N2c1ccc2c(c1)C(C)(C)CC2(C)C)C(C)(C)CC3(C)C)C(C)(C)CC4(C)C. The van der Waals surface area contributed by atoms with Gasteiger partial charge in [0.05, 0.1) is 5.69 Å². The molecule has 3 aliphatic carbocycles. The van der Waals surface area contributed by atoms with Gasteiger partial charge in [0, 0.05) is 34.0 Å². The highest BCUT2D eigenvalue weighted by Gasteiger charge is 2.51. The first kappa shape index (κ1) is 45.4. The van der Waals surface area contributed by atoms with Gasteiger partial charge in [0.25, 0.3) is 6.71 Å². The number of fused-ring (bicyclic) bond motifs is 7. The fraction of sp³-hybridized carbons (Fsp3) is 0.373. The summed E-state index contributed by atoms with van der Waals surface area (Å²) in [6, 6.07) is 52.8. The zero-order chi connectivity index (χ0) is 49.5. The van der Waals surface area contributed by atoms with Crippen molar-refractivity contribution in [3.05, 3.63) is 172 Å². The van der Waals surface area contributed by atoms with Crippen LogP contribution in [0.2, 0.25) is 0 Å². The van der Waals surface area contributed by atoms with Gasteiger partial charge in [0.2, 0.25) is 0 Å². The molecular formula is C67H73BN2. The summed E-state index contributed by atoms with van der Waals surface area (Å²) in [5.41, 5.74) is 27.4. The molecule has 0 fully saturated rings. The molecule has 0 saturated heterocycles. The minimum atomic E-state index is -0.129. The van der Waals surface area contributed by atoms with Crippen LogP contribution >= 0.6 is 0 Å². The zero-order valence-corrected chi connectivity index (χ0v) is 44.8. The monoisotopic (exact) mass is 917 g/mol. The molecule has 5 aliphatic rings. The Morgan fingerprint density at radius 3 is 1.33 bits per heavy atom. The molecule has 2 aliphatic heterocycles. The van der Waals surface area contributed by atoms with Crippen molar-refractivity contribution in [1.82, 2.24) is 0 Å². The third-order valence-electron chi connectivity index (χ3n) is 17.9. The topological polar surface area (TPSA) is 6.48 Å². The Hall–Kier alpha value is -5.80. The van der Waals surface area contributed by atoms with Gasteiger partial charge in [-0.05, 0) is 178 Å². The molecule has 3 heteroatoms. The van der Waals surface area contributed by atoms with Gasteiger partial charge in [0.1, 0.15) is 0 Å². The fourth-order valence-electron chi connectivity index (χ4n) is 15.4. The minimum absolute atomic E-state index is 0.0191. The van der Waals surface area contributed by atoms with Crippen molar-refractivity contribution in [2.45, 2.75) is 161 Å². The number of anilines is 6. The van der Waals surface area contributed by atoms with Crippen LogP contribution in [0.25, 0.3) is 22.3 Å². The van der Waals surface area contributed by atoms with Crippen molar-refractivity contribution < 1.29 is 0 Å². The highest BCUT2D eigenvalue weighted by molar-refractivity contribution is 7.00. The highest BCUT2D eigenvalue weighted by atomic mass is 15.2. The standard InChI is InChI=1S/C67H73BN2/c1-61(2,3)44-31-58-60-59(32-44)70(55-29-26-43(41-22-18-16-19-23-41)30-46(55)42-24-20-17-21-25-42)57-37-52-50(65(10,11)40-67(52,14)15)35-54(57)68(60)53-34-49-51(66(12,13)39-64(49,8)9)36-56(53)69(58)45-27-28-47-48(33-45)63(6,7)38-62(47,4)5/h16-37H,38-40H2,1-15H3. The van der Waals surface area contributed by atoms with Gasteiger partial charge >= 0.3 is 0 Å². The lowest BCUT2D eigenvalue weighted by Gasteiger charge is -2.46. The maximum atomic E-state index is 2.73. The van der Waals surface area contributed by atoms with Gasteiger partial charge in [-0.1, -0.05) is 189 Å². The molecule has 2 heterocycles. The van der Waals surface area contributed by atoms with Gasteiger partial charge in [-0.25, -0.2) is 0 Å². The van der Waals surface area contributed by atoms with Crippen molar-refractivity contribution >= 4 is 57.2 Å². The Kier molecular flexibility index (Phi) is 9.35. The van der Waals surface area contributed by atoms with E-state index < -0.39 is 0 Å². The molecule has 0 N–H and O–H groups in total. The second-order valence-corrected chi connectivity index (χ2v) is 27.2. The largest absolute Gasteiger partial charge is 0.311 e. The molecule has 7 aromatic rings. The first-order valence-electron chi connectivity index (χ1n) is 26.3. The van der Waals surface area contributed by atoms with E-state index in [0.29, 0.717) is 0 Å². The van der Waals surface area contributed by atoms with E-state index in [1.165, 1.54) is 112 Å². The smallest absolute Gasteiger partial charge is 0.252 e. The van der Waals surface area contributed by atoms with Crippen LogP contribution in [0.3, 0.4) is 0 Å². The molecule has 0 amide bonds. The van der Waals surface area contributed by atoms with E-state index in [-0.39, 0.29) is 44.6 Å². The Labute approximate surface area is 420 Å². The Morgan fingerprint density at radius 1 is 0.371 bits per heavy atom. The molecule has 0 aromatic heterocycles. The van der Waals surface area contributed by atoms with E-state index in [9.17, 15) is 0 Å². The van der Waals surface area contributed by atoms with Crippen molar-refractivity contribution in [2.24, 2.45) is 0 Å². The summed E-state index contributed by atoms with van der Waals surface area (Å²) in [5.74, 6) is 0. The normalized spacial score (nSPS) is 19.8. The fourth-order valence-corrected chi connectivity index (χ4v) is 15.4. The summed E-state index contributed by atoms with van der Waals surface area (Å²) in [7, 11) is 0. The quantitative estimate of drug-likeness (QED) is 0.162. The predicted molar refractivity (Wildman–Crippen MR) is 302 cm³/mol. The van der Waals surface area contributed by atoms with E-state index in [2.05, 4.69) is 247 Å². The van der Waals surface area contributed by atoms with Crippen molar-refractivity contribution in [1.29, 1.82) is 0 Å². The first-order valence-corrected chi connectivity index (χ1v) is 26.3. The Morgan fingerprint density at radius 2 is 0.814 bits per heavy atom. The third kappa shape index (κ3) is 6.58. The summed E-state index contributed by atoms with van der Waals surface area (Å²) in [6.45, 7) is 36.9. The summed E-state index contributed by atoms with van der Waals surface area (Å²) >= 11 is 0. The van der Waals surface area contributed by atoms with Crippen molar-refractivity contribution in [3.63, 3.8) is 0 Å². The summed E-state index contributed by atoms with van der Waals surface area (Å²) < 4.78 is 0. The predicted octanol–water partition coefficient (Wildman–Crippen LogP) is 16.3. The van der Waals surface area contributed by atoms with Crippen molar-refractivity contribution in [3.8, 4) is 22.3 Å².